The fourth-order valence-corrected chi connectivity index (χ4v) is 1.71. The van der Waals surface area contributed by atoms with Crippen molar-refractivity contribution in [3.05, 3.63) is 35.9 Å². The van der Waals surface area contributed by atoms with Crippen LogP contribution >= 0.6 is 0 Å². The highest BCUT2D eigenvalue weighted by atomic mass is 16.5. The van der Waals surface area contributed by atoms with Gasteiger partial charge in [-0.15, -0.1) is 0 Å². The van der Waals surface area contributed by atoms with Gasteiger partial charge in [0.25, 0.3) is 0 Å². The number of ketones is 1. The van der Waals surface area contributed by atoms with Gasteiger partial charge in [-0.3, -0.25) is 14.5 Å². The second kappa shape index (κ2) is 4.87. The Bertz CT molecular complexity index is 556. The molecule has 0 radical (unpaired) electrons. The van der Waals surface area contributed by atoms with E-state index < -0.39 is 0 Å². The molecule has 0 saturated carbocycles. The molecule has 6 heteroatoms. The third kappa shape index (κ3) is 1.92. The molecular weight excluding hydrogens is 232 g/mol. The zero-order chi connectivity index (χ0) is 13.1. The van der Waals surface area contributed by atoms with Crippen LogP contribution in [0, 0.1) is 0 Å². The van der Waals surface area contributed by atoms with E-state index in [1.165, 1.54) is 19.5 Å². The van der Waals surface area contributed by atoms with Crippen molar-refractivity contribution in [1.29, 1.82) is 0 Å². The van der Waals surface area contributed by atoms with Crippen molar-refractivity contribution in [2.24, 2.45) is 0 Å². The highest BCUT2D eigenvalue weighted by molar-refractivity contribution is 6.11. The van der Waals surface area contributed by atoms with E-state index in [9.17, 15) is 4.79 Å². The van der Waals surface area contributed by atoms with Gasteiger partial charge in [0.2, 0.25) is 5.78 Å². The molecule has 0 aromatic carbocycles. The summed E-state index contributed by atoms with van der Waals surface area (Å²) in [7, 11) is 1.50. The van der Waals surface area contributed by atoms with Gasteiger partial charge in [-0.05, 0) is 19.1 Å². The lowest BCUT2D eigenvalue weighted by molar-refractivity contribution is 0.102. The molecule has 0 aliphatic rings. The Kier molecular flexibility index (Phi) is 3.27. The summed E-state index contributed by atoms with van der Waals surface area (Å²) in [5.41, 5.74) is 6.68. The smallest absolute Gasteiger partial charge is 0.235 e. The minimum Gasteiger partial charge on any atom is -0.493 e. The maximum absolute atomic E-state index is 12.4. The largest absolute Gasteiger partial charge is 0.493 e. The normalized spacial score (nSPS) is 10.3. The molecule has 2 aromatic rings. The first kappa shape index (κ1) is 12.1. The molecule has 2 heterocycles. The van der Waals surface area contributed by atoms with E-state index in [-0.39, 0.29) is 11.5 Å². The van der Waals surface area contributed by atoms with Gasteiger partial charge >= 0.3 is 0 Å². The van der Waals surface area contributed by atoms with Crippen molar-refractivity contribution in [1.82, 2.24) is 14.8 Å². The number of hydrogen-bond acceptors (Lipinski definition) is 5. The first-order valence-corrected chi connectivity index (χ1v) is 5.54. The number of rotatable bonds is 4. The fraction of sp³-hybridized carbons (Fsp3) is 0.250. The van der Waals surface area contributed by atoms with E-state index in [0.717, 1.165) is 0 Å². The predicted octanol–water partition coefficient (Wildman–Crippen LogP) is 1.12. The van der Waals surface area contributed by atoms with E-state index in [4.69, 9.17) is 10.5 Å². The summed E-state index contributed by atoms with van der Waals surface area (Å²) in [6.45, 7) is 2.46. The van der Waals surface area contributed by atoms with Crippen molar-refractivity contribution in [2.75, 3.05) is 12.8 Å². The molecule has 18 heavy (non-hydrogen) atoms. The van der Waals surface area contributed by atoms with Crippen LogP contribution in [0.1, 0.15) is 23.1 Å². The molecule has 0 spiro atoms. The molecule has 2 rings (SSSR count). The van der Waals surface area contributed by atoms with Crippen LogP contribution in [-0.4, -0.2) is 27.7 Å². The fourth-order valence-electron chi connectivity index (χ4n) is 1.71. The minimum absolute atomic E-state index is 0.214. The van der Waals surface area contributed by atoms with Gasteiger partial charge in [0.05, 0.1) is 19.0 Å². The number of nitrogen functional groups attached to an aromatic ring is 1. The number of carbonyl (C=O) groups excluding carboxylic acids is 1. The molecule has 0 unspecified atom stereocenters. The summed E-state index contributed by atoms with van der Waals surface area (Å²) in [4.78, 5) is 16.4. The van der Waals surface area contributed by atoms with Crippen molar-refractivity contribution >= 4 is 11.5 Å². The molecule has 0 saturated heterocycles. The number of pyridine rings is 1. The zero-order valence-corrected chi connectivity index (χ0v) is 10.3. The third-order valence-corrected chi connectivity index (χ3v) is 2.59. The SMILES string of the molecule is CCn1ncc(OC)c1C(=O)c1ncccc1N. The minimum atomic E-state index is -0.288. The Morgan fingerprint density at radius 2 is 2.33 bits per heavy atom. The Labute approximate surface area is 104 Å². The average Bonchev–Trinajstić information content (AvgIpc) is 2.81. The Hall–Kier alpha value is -2.37. The topological polar surface area (TPSA) is 83.0 Å². The van der Waals surface area contributed by atoms with E-state index in [1.807, 2.05) is 6.92 Å². The lowest BCUT2D eigenvalue weighted by Gasteiger charge is -2.07. The molecule has 2 aromatic heterocycles. The number of nitrogens with two attached hydrogens (primary N) is 1. The maximum Gasteiger partial charge on any atom is 0.235 e. The molecule has 2 N–H and O–H groups in total. The highest BCUT2D eigenvalue weighted by Crippen LogP contribution is 2.22. The van der Waals surface area contributed by atoms with Crippen LogP contribution in [0.15, 0.2) is 24.5 Å². The lowest BCUT2D eigenvalue weighted by Crippen LogP contribution is -2.14. The molecule has 0 aliphatic heterocycles. The summed E-state index contributed by atoms with van der Waals surface area (Å²) in [6, 6.07) is 3.32. The Balaban J connectivity index is 2.52. The molecule has 0 fully saturated rings. The zero-order valence-electron chi connectivity index (χ0n) is 10.3. The summed E-state index contributed by atoms with van der Waals surface area (Å²) >= 11 is 0. The number of nitrogens with zero attached hydrogens (tertiary/aromatic N) is 3. The van der Waals surface area contributed by atoms with Gasteiger partial charge in [-0.2, -0.15) is 5.10 Å². The molecule has 6 nitrogen and oxygen atoms in total. The van der Waals surface area contributed by atoms with E-state index in [0.29, 0.717) is 23.7 Å². The van der Waals surface area contributed by atoms with Crippen molar-refractivity contribution < 1.29 is 9.53 Å². The molecule has 0 bridgehead atoms. The van der Waals surface area contributed by atoms with Crippen LogP contribution in [0.3, 0.4) is 0 Å². The Morgan fingerprint density at radius 1 is 1.56 bits per heavy atom. The number of hydrogen-bond donors (Lipinski definition) is 1. The number of ether oxygens (including phenoxy) is 1. The third-order valence-electron chi connectivity index (χ3n) is 2.59. The average molecular weight is 246 g/mol. The van der Waals surface area contributed by atoms with Crippen LogP contribution in [0.5, 0.6) is 5.75 Å². The van der Waals surface area contributed by atoms with Crippen molar-refractivity contribution in [2.45, 2.75) is 13.5 Å². The van der Waals surface area contributed by atoms with E-state index in [2.05, 4.69) is 10.1 Å². The van der Waals surface area contributed by atoms with E-state index >= 15 is 0 Å². The van der Waals surface area contributed by atoms with Gasteiger partial charge in [0, 0.05) is 12.7 Å². The van der Waals surface area contributed by atoms with Crippen molar-refractivity contribution in [3.8, 4) is 5.75 Å². The maximum atomic E-state index is 12.4. The van der Waals surface area contributed by atoms with Crippen molar-refractivity contribution in [3.63, 3.8) is 0 Å². The first-order chi connectivity index (χ1) is 8.69. The lowest BCUT2D eigenvalue weighted by atomic mass is 10.1. The molecule has 0 atom stereocenters. The number of aromatic nitrogens is 3. The molecular formula is C12H14N4O2. The highest BCUT2D eigenvalue weighted by Gasteiger charge is 2.22. The summed E-state index contributed by atoms with van der Waals surface area (Å²) in [5, 5.41) is 4.08. The standard InChI is InChI=1S/C12H14N4O2/c1-3-16-11(9(18-2)7-15-16)12(17)10-8(13)5-4-6-14-10/h4-7H,3,13H2,1-2H3. The van der Waals surface area contributed by atoms with Crippen LogP contribution < -0.4 is 10.5 Å². The first-order valence-electron chi connectivity index (χ1n) is 5.54. The number of carbonyl (C=O) groups is 1. The van der Waals surface area contributed by atoms with Crippen LogP contribution in [0.25, 0.3) is 0 Å². The van der Waals surface area contributed by atoms with Gasteiger partial charge < -0.3 is 10.5 Å². The molecule has 0 amide bonds. The summed E-state index contributed by atoms with van der Waals surface area (Å²) in [5.74, 6) is 0.135. The van der Waals surface area contributed by atoms with Gasteiger partial charge in [-0.1, -0.05) is 0 Å². The summed E-state index contributed by atoms with van der Waals surface area (Å²) in [6.07, 6.45) is 3.04. The number of aryl methyl sites for hydroxylation is 1. The predicted molar refractivity (Wildman–Crippen MR) is 66.5 cm³/mol. The quantitative estimate of drug-likeness (QED) is 0.817. The second-order valence-electron chi connectivity index (χ2n) is 3.65. The Morgan fingerprint density at radius 3 is 2.94 bits per heavy atom. The van der Waals surface area contributed by atoms with Gasteiger partial charge in [-0.25, -0.2) is 0 Å². The van der Waals surface area contributed by atoms with Gasteiger partial charge in [0.15, 0.2) is 11.4 Å². The number of anilines is 1. The second-order valence-corrected chi connectivity index (χ2v) is 3.65. The summed E-state index contributed by atoms with van der Waals surface area (Å²) < 4.78 is 6.70. The monoisotopic (exact) mass is 246 g/mol. The van der Waals surface area contributed by atoms with E-state index in [1.54, 1.807) is 16.8 Å². The number of methoxy groups -OCH3 is 1. The van der Waals surface area contributed by atoms with Crippen LogP contribution in [-0.2, 0) is 6.54 Å². The molecule has 0 aliphatic carbocycles. The van der Waals surface area contributed by atoms with Crippen LogP contribution in [0.2, 0.25) is 0 Å². The van der Waals surface area contributed by atoms with Crippen LogP contribution in [0.4, 0.5) is 5.69 Å². The van der Waals surface area contributed by atoms with Gasteiger partial charge in [0.1, 0.15) is 5.69 Å². The molecule has 94 valence electrons.